The van der Waals surface area contributed by atoms with Crippen LogP contribution in [-0.2, 0) is 12.3 Å². The van der Waals surface area contributed by atoms with E-state index < -0.39 is 0 Å². The highest BCUT2D eigenvalue weighted by Crippen LogP contribution is 2.27. The van der Waals surface area contributed by atoms with Gasteiger partial charge in [0.25, 0.3) is 0 Å². The Morgan fingerprint density at radius 3 is 2.65 bits per heavy atom. The maximum absolute atomic E-state index is 5.51. The summed E-state index contributed by atoms with van der Waals surface area (Å²) in [5.41, 5.74) is 3.57. The molecule has 0 aliphatic heterocycles. The first-order valence-corrected chi connectivity index (χ1v) is 9.65. The second-order valence-electron chi connectivity index (χ2n) is 5.94. The van der Waals surface area contributed by atoms with Gasteiger partial charge in [-0.3, -0.25) is 4.57 Å². The van der Waals surface area contributed by atoms with Crippen molar-refractivity contribution in [1.82, 2.24) is 14.8 Å². The Balaban J connectivity index is 1.82. The third kappa shape index (κ3) is 4.35. The zero-order valence-electron chi connectivity index (χ0n) is 15.2. The molecular weight excluding hydrogens is 342 g/mol. The summed E-state index contributed by atoms with van der Waals surface area (Å²) in [7, 11) is 0. The van der Waals surface area contributed by atoms with Crippen LogP contribution in [0.1, 0.15) is 18.1 Å². The Kier molecular flexibility index (Phi) is 6.12. The highest BCUT2D eigenvalue weighted by molar-refractivity contribution is 7.98. The highest BCUT2D eigenvalue weighted by atomic mass is 32.2. The van der Waals surface area contributed by atoms with Crippen molar-refractivity contribution in [2.45, 2.75) is 31.3 Å². The summed E-state index contributed by atoms with van der Waals surface area (Å²) < 4.78 is 7.61. The number of aryl methyl sites for hydroxylation is 1. The van der Waals surface area contributed by atoms with Crippen molar-refractivity contribution in [3.63, 3.8) is 0 Å². The molecule has 0 radical (unpaired) electrons. The molecule has 5 heteroatoms. The largest absolute Gasteiger partial charge is 0.494 e. The first-order valence-electron chi connectivity index (χ1n) is 8.67. The lowest BCUT2D eigenvalue weighted by Crippen LogP contribution is -2.01. The molecule has 26 heavy (non-hydrogen) atoms. The van der Waals surface area contributed by atoms with Gasteiger partial charge in [0.15, 0.2) is 11.0 Å². The van der Waals surface area contributed by atoms with Crippen LogP contribution in [0.4, 0.5) is 0 Å². The van der Waals surface area contributed by atoms with Gasteiger partial charge in [-0.15, -0.1) is 16.8 Å². The van der Waals surface area contributed by atoms with Gasteiger partial charge < -0.3 is 4.74 Å². The van der Waals surface area contributed by atoms with E-state index in [2.05, 4.69) is 52.5 Å². The van der Waals surface area contributed by atoms with E-state index in [1.807, 2.05) is 37.3 Å². The van der Waals surface area contributed by atoms with Crippen molar-refractivity contribution in [1.29, 1.82) is 0 Å². The second-order valence-corrected chi connectivity index (χ2v) is 6.88. The molecule has 134 valence electrons. The molecular formula is C21H23N3OS. The van der Waals surface area contributed by atoms with E-state index in [1.54, 1.807) is 11.8 Å². The normalized spacial score (nSPS) is 10.7. The number of rotatable bonds is 8. The van der Waals surface area contributed by atoms with Crippen LogP contribution in [0.2, 0.25) is 0 Å². The summed E-state index contributed by atoms with van der Waals surface area (Å²) >= 11 is 1.69. The highest BCUT2D eigenvalue weighted by Gasteiger charge is 2.14. The SMILES string of the molecule is C=CCn1c(SCc2cccc(C)c2)nnc1-c1ccc(OCC)cc1. The first-order chi connectivity index (χ1) is 12.7. The van der Waals surface area contributed by atoms with Gasteiger partial charge in [0, 0.05) is 17.9 Å². The molecule has 0 amide bonds. The smallest absolute Gasteiger partial charge is 0.192 e. The molecule has 0 N–H and O–H groups in total. The number of ether oxygens (including phenoxy) is 1. The topological polar surface area (TPSA) is 39.9 Å². The molecule has 0 aliphatic rings. The maximum Gasteiger partial charge on any atom is 0.192 e. The molecule has 0 aliphatic carbocycles. The van der Waals surface area contributed by atoms with Gasteiger partial charge in [0.05, 0.1) is 6.61 Å². The summed E-state index contributed by atoms with van der Waals surface area (Å²) in [6.45, 7) is 9.29. The molecule has 4 nitrogen and oxygen atoms in total. The minimum absolute atomic E-state index is 0.658. The van der Waals surface area contributed by atoms with Crippen LogP contribution in [0.5, 0.6) is 5.75 Å². The fourth-order valence-corrected chi connectivity index (χ4v) is 3.61. The lowest BCUT2D eigenvalue weighted by Gasteiger charge is -2.09. The molecule has 0 atom stereocenters. The third-order valence-electron chi connectivity index (χ3n) is 3.90. The Morgan fingerprint density at radius 2 is 1.96 bits per heavy atom. The zero-order valence-corrected chi connectivity index (χ0v) is 16.0. The van der Waals surface area contributed by atoms with Crippen LogP contribution in [0.3, 0.4) is 0 Å². The van der Waals surface area contributed by atoms with Crippen LogP contribution < -0.4 is 4.74 Å². The van der Waals surface area contributed by atoms with E-state index in [4.69, 9.17) is 4.74 Å². The molecule has 0 saturated heterocycles. The van der Waals surface area contributed by atoms with Crippen molar-refractivity contribution in [3.8, 4) is 17.1 Å². The fraction of sp³-hybridized carbons (Fsp3) is 0.238. The predicted molar refractivity (Wildman–Crippen MR) is 108 cm³/mol. The van der Waals surface area contributed by atoms with Gasteiger partial charge in [0.1, 0.15) is 5.75 Å². The summed E-state index contributed by atoms with van der Waals surface area (Å²) in [6, 6.07) is 16.5. The minimum atomic E-state index is 0.658. The monoisotopic (exact) mass is 365 g/mol. The summed E-state index contributed by atoms with van der Waals surface area (Å²) in [5, 5.41) is 9.72. The molecule has 0 fully saturated rings. The van der Waals surface area contributed by atoms with Crippen LogP contribution in [0.15, 0.2) is 66.3 Å². The first kappa shape index (κ1) is 18.3. The number of benzene rings is 2. The zero-order chi connectivity index (χ0) is 18.4. The quantitative estimate of drug-likeness (QED) is 0.410. The number of aromatic nitrogens is 3. The van der Waals surface area contributed by atoms with Crippen LogP contribution in [-0.4, -0.2) is 21.4 Å². The molecule has 0 spiro atoms. The Hall–Kier alpha value is -2.53. The van der Waals surface area contributed by atoms with E-state index in [-0.39, 0.29) is 0 Å². The number of hydrogen-bond donors (Lipinski definition) is 0. The standard InChI is InChI=1S/C21H23N3OS/c1-4-13-24-20(18-9-11-19(12-10-18)25-5-2)22-23-21(24)26-15-17-8-6-7-16(3)14-17/h4,6-12,14H,1,5,13,15H2,2-3H3. The molecule has 1 aromatic heterocycles. The molecule has 2 aromatic carbocycles. The average Bonchev–Trinajstić information content (AvgIpc) is 3.04. The lowest BCUT2D eigenvalue weighted by atomic mass is 10.2. The molecule has 0 saturated carbocycles. The van der Waals surface area contributed by atoms with Crippen molar-refractivity contribution >= 4 is 11.8 Å². The van der Waals surface area contributed by atoms with Gasteiger partial charge >= 0.3 is 0 Å². The van der Waals surface area contributed by atoms with Crippen molar-refractivity contribution < 1.29 is 4.74 Å². The second kappa shape index (κ2) is 8.72. The molecule has 3 aromatic rings. The maximum atomic E-state index is 5.51. The molecule has 1 heterocycles. The Labute approximate surface area is 158 Å². The van der Waals surface area contributed by atoms with Crippen molar-refractivity contribution in [3.05, 3.63) is 72.3 Å². The van der Waals surface area contributed by atoms with E-state index >= 15 is 0 Å². The fourth-order valence-electron chi connectivity index (χ4n) is 2.72. The predicted octanol–water partition coefficient (Wildman–Crippen LogP) is 5.13. The summed E-state index contributed by atoms with van der Waals surface area (Å²) in [5.74, 6) is 2.57. The minimum Gasteiger partial charge on any atom is -0.494 e. The third-order valence-corrected chi connectivity index (χ3v) is 4.94. The van der Waals surface area contributed by atoms with Crippen LogP contribution >= 0.6 is 11.8 Å². The average molecular weight is 366 g/mol. The van der Waals surface area contributed by atoms with Gasteiger partial charge in [0.2, 0.25) is 0 Å². The van der Waals surface area contributed by atoms with Crippen molar-refractivity contribution in [2.24, 2.45) is 0 Å². The molecule has 0 unspecified atom stereocenters. The van der Waals surface area contributed by atoms with Gasteiger partial charge in [-0.05, 0) is 43.7 Å². The molecule has 3 rings (SSSR count). The van der Waals surface area contributed by atoms with Crippen LogP contribution in [0.25, 0.3) is 11.4 Å². The van der Waals surface area contributed by atoms with Gasteiger partial charge in [-0.2, -0.15) is 0 Å². The van der Waals surface area contributed by atoms with Gasteiger partial charge in [-0.1, -0.05) is 47.7 Å². The Bertz CT molecular complexity index is 871. The number of hydrogen-bond acceptors (Lipinski definition) is 4. The summed E-state index contributed by atoms with van der Waals surface area (Å²) in [6.07, 6.45) is 1.87. The van der Waals surface area contributed by atoms with Gasteiger partial charge in [-0.25, -0.2) is 0 Å². The number of allylic oxidation sites excluding steroid dienone is 1. The van der Waals surface area contributed by atoms with Crippen molar-refractivity contribution in [2.75, 3.05) is 6.61 Å². The van der Waals surface area contributed by atoms with Crippen LogP contribution in [0, 0.1) is 6.92 Å². The lowest BCUT2D eigenvalue weighted by molar-refractivity contribution is 0.340. The van der Waals surface area contributed by atoms with E-state index in [1.165, 1.54) is 11.1 Å². The molecule has 0 bridgehead atoms. The summed E-state index contributed by atoms with van der Waals surface area (Å²) in [4.78, 5) is 0. The van der Waals surface area contributed by atoms with E-state index in [0.717, 1.165) is 28.0 Å². The van der Waals surface area contributed by atoms with E-state index in [9.17, 15) is 0 Å². The Morgan fingerprint density at radius 1 is 1.15 bits per heavy atom. The number of thioether (sulfide) groups is 1. The number of nitrogens with zero attached hydrogens (tertiary/aromatic N) is 3. The van der Waals surface area contributed by atoms with E-state index in [0.29, 0.717) is 13.2 Å².